The molecule has 1 saturated carbocycles. The van der Waals surface area contributed by atoms with Crippen molar-refractivity contribution in [3.8, 4) is 5.75 Å². The second kappa shape index (κ2) is 11.4. The molecule has 204 valence electrons. The number of nitrogens with one attached hydrogen (secondary N) is 1. The van der Waals surface area contributed by atoms with Gasteiger partial charge in [0, 0.05) is 19.7 Å². The SMILES string of the molecule is COC1C(OC(=O)CNc2ccc(OCCOC(C)=O)cc2)CCC2(CO2)C1C1(C)OC1CC=C(C)C. The number of rotatable bonds is 12. The Kier molecular flexibility index (Phi) is 8.46. The Morgan fingerprint density at radius 2 is 1.89 bits per heavy atom. The summed E-state index contributed by atoms with van der Waals surface area (Å²) in [6, 6.07) is 7.20. The van der Waals surface area contributed by atoms with Crippen molar-refractivity contribution in [2.75, 3.05) is 38.8 Å². The molecule has 4 rings (SSSR count). The van der Waals surface area contributed by atoms with E-state index in [1.165, 1.54) is 12.5 Å². The zero-order valence-corrected chi connectivity index (χ0v) is 22.4. The van der Waals surface area contributed by atoms with Gasteiger partial charge in [-0.1, -0.05) is 11.6 Å². The van der Waals surface area contributed by atoms with E-state index in [4.69, 9.17) is 28.4 Å². The lowest BCUT2D eigenvalue weighted by atomic mass is 9.68. The number of carbonyl (C=O) groups excluding carboxylic acids is 2. The summed E-state index contributed by atoms with van der Waals surface area (Å²) in [5, 5.41) is 3.10. The van der Waals surface area contributed by atoms with Crippen molar-refractivity contribution in [1.29, 1.82) is 0 Å². The van der Waals surface area contributed by atoms with Crippen LogP contribution < -0.4 is 10.1 Å². The Bertz CT molecular complexity index is 984. The van der Waals surface area contributed by atoms with Gasteiger partial charge in [-0.05, 0) is 64.3 Å². The van der Waals surface area contributed by atoms with Gasteiger partial charge in [0.15, 0.2) is 0 Å². The van der Waals surface area contributed by atoms with Crippen LogP contribution >= 0.6 is 0 Å². The minimum atomic E-state index is -0.367. The third kappa shape index (κ3) is 6.64. The standard InChI is InChI=1S/C28H39NO8/c1-18(2)6-11-23-27(4,37-23)26-25(32-5)22(12-13-28(26)17-35-28)36-24(31)16-29-20-7-9-21(10-8-20)34-15-14-33-19(3)30/h6-10,22-23,25-26,29H,11-17H2,1-5H3. The molecule has 37 heavy (non-hydrogen) atoms. The first kappa shape index (κ1) is 27.4. The topological polar surface area (TPSA) is 108 Å². The normalized spacial score (nSPS) is 31.8. The van der Waals surface area contributed by atoms with Crippen molar-refractivity contribution in [2.45, 2.75) is 76.5 Å². The fourth-order valence-electron chi connectivity index (χ4n) is 5.47. The average molecular weight is 518 g/mol. The van der Waals surface area contributed by atoms with Gasteiger partial charge in [-0.25, -0.2) is 0 Å². The van der Waals surface area contributed by atoms with Crippen LogP contribution in [0, 0.1) is 5.92 Å². The summed E-state index contributed by atoms with van der Waals surface area (Å²) in [5.41, 5.74) is 1.41. The number of allylic oxidation sites excluding steroid dienone is 1. The molecule has 9 heteroatoms. The molecule has 0 amide bonds. The Hall–Kier alpha value is -2.62. The molecule has 1 aromatic rings. The van der Waals surface area contributed by atoms with Crippen LogP contribution in [0.25, 0.3) is 0 Å². The average Bonchev–Trinajstić information content (AvgIpc) is 3.78. The van der Waals surface area contributed by atoms with E-state index in [1.54, 1.807) is 19.2 Å². The molecule has 1 aromatic carbocycles. The Balaban J connectivity index is 1.29. The quantitative estimate of drug-likeness (QED) is 0.192. The lowest BCUT2D eigenvalue weighted by molar-refractivity contribution is -0.170. The van der Waals surface area contributed by atoms with E-state index in [0.29, 0.717) is 18.8 Å². The number of hydrogen-bond acceptors (Lipinski definition) is 9. The molecular formula is C28H39NO8. The molecule has 9 nitrogen and oxygen atoms in total. The number of methoxy groups -OCH3 is 1. The van der Waals surface area contributed by atoms with Gasteiger partial charge in [0.1, 0.15) is 48.9 Å². The minimum absolute atomic E-state index is 0.00605. The summed E-state index contributed by atoms with van der Waals surface area (Å²) in [6.45, 7) is 8.85. The molecule has 3 aliphatic rings. The molecular weight excluding hydrogens is 478 g/mol. The monoisotopic (exact) mass is 517 g/mol. The first-order chi connectivity index (χ1) is 17.7. The van der Waals surface area contributed by atoms with Crippen molar-refractivity contribution in [1.82, 2.24) is 0 Å². The Morgan fingerprint density at radius 1 is 1.16 bits per heavy atom. The van der Waals surface area contributed by atoms with Gasteiger partial charge in [-0.3, -0.25) is 9.59 Å². The van der Waals surface area contributed by atoms with Crippen molar-refractivity contribution in [3.63, 3.8) is 0 Å². The fourth-order valence-corrected chi connectivity index (χ4v) is 5.47. The Morgan fingerprint density at radius 3 is 2.51 bits per heavy atom. The van der Waals surface area contributed by atoms with Crippen LogP contribution in [0.3, 0.4) is 0 Å². The molecule has 3 fully saturated rings. The second-order valence-electron chi connectivity index (χ2n) is 10.5. The molecule has 1 aliphatic carbocycles. The highest BCUT2D eigenvalue weighted by Crippen LogP contribution is 2.59. The summed E-state index contributed by atoms with van der Waals surface area (Å²) >= 11 is 0. The van der Waals surface area contributed by atoms with E-state index in [1.807, 2.05) is 12.1 Å². The molecule has 0 aromatic heterocycles. The third-order valence-electron chi connectivity index (χ3n) is 7.47. The molecule has 0 radical (unpaired) electrons. The lowest BCUT2D eigenvalue weighted by Crippen LogP contribution is -2.55. The summed E-state index contributed by atoms with van der Waals surface area (Å²) in [7, 11) is 1.67. The van der Waals surface area contributed by atoms with Crippen LogP contribution in [-0.2, 0) is 33.3 Å². The van der Waals surface area contributed by atoms with Gasteiger partial charge < -0.3 is 33.7 Å². The van der Waals surface area contributed by atoms with E-state index in [9.17, 15) is 9.59 Å². The second-order valence-corrected chi connectivity index (χ2v) is 10.5. The first-order valence-corrected chi connectivity index (χ1v) is 12.9. The largest absolute Gasteiger partial charge is 0.490 e. The van der Waals surface area contributed by atoms with Gasteiger partial charge in [-0.15, -0.1) is 0 Å². The third-order valence-corrected chi connectivity index (χ3v) is 7.47. The number of carbonyl (C=O) groups is 2. The summed E-state index contributed by atoms with van der Waals surface area (Å²) in [6.07, 6.45) is 4.00. The number of hydrogen-bond donors (Lipinski definition) is 1. The molecule has 1 spiro atoms. The van der Waals surface area contributed by atoms with Crippen molar-refractivity contribution in [2.24, 2.45) is 5.92 Å². The van der Waals surface area contributed by atoms with Crippen LogP contribution in [0.5, 0.6) is 5.75 Å². The van der Waals surface area contributed by atoms with Crippen molar-refractivity contribution < 1.29 is 38.0 Å². The van der Waals surface area contributed by atoms with Gasteiger partial charge in [0.2, 0.25) is 0 Å². The predicted octanol–water partition coefficient (Wildman–Crippen LogP) is 3.66. The van der Waals surface area contributed by atoms with E-state index < -0.39 is 0 Å². The highest BCUT2D eigenvalue weighted by molar-refractivity contribution is 5.75. The highest BCUT2D eigenvalue weighted by Gasteiger charge is 2.72. The molecule has 6 atom stereocenters. The fraction of sp³-hybridized carbons (Fsp3) is 0.643. The van der Waals surface area contributed by atoms with Crippen LogP contribution in [0.2, 0.25) is 0 Å². The molecule has 2 saturated heterocycles. The summed E-state index contributed by atoms with van der Waals surface area (Å²) in [4.78, 5) is 23.6. The van der Waals surface area contributed by atoms with Gasteiger partial charge in [0.25, 0.3) is 0 Å². The first-order valence-electron chi connectivity index (χ1n) is 12.9. The number of ether oxygens (including phenoxy) is 6. The van der Waals surface area contributed by atoms with Crippen molar-refractivity contribution >= 4 is 17.6 Å². The number of esters is 2. The number of benzene rings is 1. The highest BCUT2D eigenvalue weighted by atomic mass is 16.6. The molecule has 2 aliphatic heterocycles. The summed E-state index contributed by atoms with van der Waals surface area (Å²) in [5.74, 6) is -0.0438. The van der Waals surface area contributed by atoms with Gasteiger partial charge in [0.05, 0.1) is 18.6 Å². The lowest BCUT2D eigenvalue weighted by Gasteiger charge is -2.42. The Labute approximate surface area is 218 Å². The van der Waals surface area contributed by atoms with Crippen LogP contribution in [0.15, 0.2) is 35.9 Å². The molecule has 0 bridgehead atoms. The van der Waals surface area contributed by atoms with Crippen LogP contribution in [0.4, 0.5) is 5.69 Å². The van der Waals surface area contributed by atoms with E-state index in [0.717, 1.165) is 18.5 Å². The van der Waals surface area contributed by atoms with Crippen LogP contribution in [0.1, 0.15) is 47.0 Å². The van der Waals surface area contributed by atoms with E-state index in [-0.39, 0.29) is 67.1 Å². The maximum Gasteiger partial charge on any atom is 0.325 e. The summed E-state index contributed by atoms with van der Waals surface area (Å²) < 4.78 is 34.4. The molecule has 6 unspecified atom stereocenters. The maximum absolute atomic E-state index is 12.8. The van der Waals surface area contributed by atoms with Gasteiger partial charge in [-0.2, -0.15) is 0 Å². The minimum Gasteiger partial charge on any atom is -0.490 e. The smallest absolute Gasteiger partial charge is 0.325 e. The van der Waals surface area contributed by atoms with E-state index >= 15 is 0 Å². The van der Waals surface area contributed by atoms with E-state index in [2.05, 4.69) is 32.2 Å². The maximum atomic E-state index is 12.8. The number of epoxide rings is 2. The number of anilines is 1. The van der Waals surface area contributed by atoms with Crippen molar-refractivity contribution in [3.05, 3.63) is 35.9 Å². The van der Waals surface area contributed by atoms with Crippen LogP contribution in [-0.4, -0.2) is 74.9 Å². The molecule has 2 heterocycles. The predicted molar refractivity (Wildman–Crippen MR) is 136 cm³/mol. The van der Waals surface area contributed by atoms with Gasteiger partial charge >= 0.3 is 11.9 Å². The zero-order valence-electron chi connectivity index (χ0n) is 22.4. The zero-order chi connectivity index (χ0) is 26.6. The molecule has 1 N–H and O–H groups in total.